The molecule has 1 heterocycles. The van der Waals surface area contributed by atoms with Crippen molar-refractivity contribution >= 4 is 17.9 Å². The molecule has 1 aliphatic rings. The highest BCUT2D eigenvalue weighted by molar-refractivity contribution is 5.95. The van der Waals surface area contributed by atoms with Crippen molar-refractivity contribution in [1.82, 2.24) is 10.2 Å². The molecule has 2 rings (SSSR count). The number of aliphatic imine (C=N–C) groups is 1. The number of hydrogen-bond donors (Lipinski definition) is 1. The summed E-state index contributed by atoms with van der Waals surface area (Å²) >= 11 is 0. The molecule has 1 N–H and O–H groups in total. The molecule has 2 amide bonds. The summed E-state index contributed by atoms with van der Waals surface area (Å²) in [4.78, 5) is 17.8. The van der Waals surface area contributed by atoms with Crippen LogP contribution in [0.5, 0.6) is 11.5 Å². The molecule has 1 saturated heterocycles. The van der Waals surface area contributed by atoms with E-state index < -0.39 is 0 Å². The number of carbonyl (C=O) groups is 1. The summed E-state index contributed by atoms with van der Waals surface area (Å²) in [6.07, 6.45) is 5.19. The molecule has 0 aromatic heterocycles. The first kappa shape index (κ1) is 15.9. The van der Waals surface area contributed by atoms with Crippen LogP contribution in [-0.4, -0.2) is 44.6 Å². The summed E-state index contributed by atoms with van der Waals surface area (Å²) in [7, 11) is 5.14. The highest BCUT2D eigenvalue weighted by Gasteiger charge is 2.15. The molecule has 118 valence electrons. The van der Waals surface area contributed by atoms with Gasteiger partial charge in [-0.1, -0.05) is 0 Å². The molecular formula is C16H21N3O3. The second-order valence-electron chi connectivity index (χ2n) is 4.94. The molecule has 1 aliphatic heterocycles. The molecule has 0 radical (unpaired) electrons. The number of methoxy groups -OCH3 is 2. The van der Waals surface area contributed by atoms with Crippen LogP contribution in [0.25, 0.3) is 6.08 Å². The first-order chi connectivity index (χ1) is 10.6. The maximum atomic E-state index is 11.8. The van der Waals surface area contributed by atoms with E-state index in [0.717, 1.165) is 36.5 Å². The Labute approximate surface area is 130 Å². The monoisotopic (exact) mass is 303 g/mol. The van der Waals surface area contributed by atoms with E-state index in [-0.39, 0.29) is 6.03 Å². The minimum Gasteiger partial charge on any atom is -0.497 e. The predicted octanol–water partition coefficient (Wildman–Crippen LogP) is 2.51. The molecule has 1 aromatic carbocycles. The van der Waals surface area contributed by atoms with Crippen LogP contribution in [0, 0.1) is 0 Å². The van der Waals surface area contributed by atoms with E-state index in [2.05, 4.69) is 10.3 Å². The maximum Gasteiger partial charge on any atom is 0.346 e. The van der Waals surface area contributed by atoms with E-state index >= 15 is 0 Å². The van der Waals surface area contributed by atoms with Crippen LogP contribution in [0.15, 0.2) is 29.4 Å². The number of rotatable bonds is 4. The molecule has 6 heteroatoms. The minimum absolute atomic E-state index is 0.373. The minimum atomic E-state index is -0.373. The number of urea groups is 1. The van der Waals surface area contributed by atoms with Crippen molar-refractivity contribution in [1.29, 1.82) is 0 Å². The molecule has 0 spiro atoms. The van der Waals surface area contributed by atoms with Gasteiger partial charge in [0, 0.05) is 31.8 Å². The number of benzene rings is 1. The third kappa shape index (κ3) is 4.00. The number of amides is 2. The zero-order chi connectivity index (χ0) is 15.9. The number of amidine groups is 1. The van der Waals surface area contributed by atoms with Gasteiger partial charge in [0.1, 0.15) is 17.3 Å². The van der Waals surface area contributed by atoms with E-state index in [9.17, 15) is 4.79 Å². The summed E-state index contributed by atoms with van der Waals surface area (Å²) in [6.45, 7) is 0.947. The number of carbonyl (C=O) groups excluding carboxylic acids is 1. The summed E-state index contributed by atoms with van der Waals surface area (Å²) in [5.41, 5.74) is 0.813. The zero-order valence-corrected chi connectivity index (χ0v) is 13.1. The Morgan fingerprint density at radius 3 is 2.82 bits per heavy atom. The molecule has 0 unspecified atom stereocenters. The van der Waals surface area contributed by atoms with Crippen molar-refractivity contribution in [2.24, 2.45) is 4.99 Å². The van der Waals surface area contributed by atoms with Crippen molar-refractivity contribution in [2.45, 2.75) is 12.8 Å². The van der Waals surface area contributed by atoms with Crippen molar-refractivity contribution in [3.8, 4) is 11.5 Å². The standard InChI is InChI=1S/C16H21N3O3/c1-19-10-4-5-15(19)18-16(20)17-9-8-12-11-13(21-2)6-7-14(12)22-3/h6-9,11H,4-5,10H2,1-3H3,(H,17,20). The Morgan fingerprint density at radius 2 is 2.18 bits per heavy atom. The third-order valence-corrected chi connectivity index (χ3v) is 3.47. The topological polar surface area (TPSA) is 63.2 Å². The predicted molar refractivity (Wildman–Crippen MR) is 86.4 cm³/mol. The van der Waals surface area contributed by atoms with Crippen LogP contribution >= 0.6 is 0 Å². The van der Waals surface area contributed by atoms with Gasteiger partial charge in [-0.3, -0.25) is 0 Å². The lowest BCUT2D eigenvalue weighted by Gasteiger charge is -2.10. The average Bonchev–Trinajstić information content (AvgIpc) is 2.92. The van der Waals surface area contributed by atoms with Crippen molar-refractivity contribution in [3.63, 3.8) is 0 Å². The summed E-state index contributed by atoms with van der Waals surface area (Å²) < 4.78 is 10.4. The Hall–Kier alpha value is -2.50. The van der Waals surface area contributed by atoms with Gasteiger partial charge >= 0.3 is 6.03 Å². The molecule has 6 nitrogen and oxygen atoms in total. The molecule has 0 bridgehead atoms. The molecule has 0 atom stereocenters. The second-order valence-corrected chi connectivity index (χ2v) is 4.94. The fourth-order valence-corrected chi connectivity index (χ4v) is 2.26. The molecule has 0 saturated carbocycles. The van der Waals surface area contributed by atoms with Crippen LogP contribution in [0.3, 0.4) is 0 Å². The number of ether oxygens (including phenoxy) is 2. The fourth-order valence-electron chi connectivity index (χ4n) is 2.26. The van der Waals surface area contributed by atoms with Gasteiger partial charge < -0.3 is 19.7 Å². The second kappa shape index (κ2) is 7.49. The first-order valence-corrected chi connectivity index (χ1v) is 7.12. The van der Waals surface area contributed by atoms with E-state index in [4.69, 9.17) is 9.47 Å². The lowest BCUT2D eigenvalue weighted by Crippen LogP contribution is -2.23. The van der Waals surface area contributed by atoms with Gasteiger partial charge in [-0.2, -0.15) is 4.99 Å². The van der Waals surface area contributed by atoms with Crippen LogP contribution in [0.2, 0.25) is 0 Å². The Kier molecular flexibility index (Phi) is 5.41. The average molecular weight is 303 g/mol. The zero-order valence-electron chi connectivity index (χ0n) is 13.1. The summed E-state index contributed by atoms with van der Waals surface area (Å²) in [5.74, 6) is 2.25. The quantitative estimate of drug-likeness (QED) is 0.928. The van der Waals surface area contributed by atoms with Gasteiger partial charge in [-0.15, -0.1) is 0 Å². The molecule has 0 aliphatic carbocycles. The molecule has 1 fully saturated rings. The van der Waals surface area contributed by atoms with Gasteiger partial charge in [0.05, 0.1) is 14.2 Å². The summed E-state index contributed by atoms with van der Waals surface area (Å²) in [5, 5.41) is 2.64. The highest BCUT2D eigenvalue weighted by Crippen LogP contribution is 2.24. The van der Waals surface area contributed by atoms with E-state index in [1.54, 1.807) is 26.5 Å². The number of likely N-dealkylation sites (tertiary alicyclic amines) is 1. The summed E-state index contributed by atoms with van der Waals surface area (Å²) in [6, 6.07) is 5.09. The molecular weight excluding hydrogens is 282 g/mol. The van der Waals surface area contributed by atoms with Crippen LogP contribution in [0.4, 0.5) is 4.79 Å². The van der Waals surface area contributed by atoms with Gasteiger partial charge in [-0.25, -0.2) is 4.79 Å². The van der Waals surface area contributed by atoms with Crippen LogP contribution in [-0.2, 0) is 0 Å². The maximum absolute atomic E-state index is 11.8. The highest BCUT2D eigenvalue weighted by atomic mass is 16.5. The van der Waals surface area contributed by atoms with E-state index in [1.807, 2.05) is 30.1 Å². The Bertz CT molecular complexity index is 596. The lowest BCUT2D eigenvalue weighted by molar-refractivity contribution is 0.252. The van der Waals surface area contributed by atoms with Crippen molar-refractivity contribution < 1.29 is 14.3 Å². The normalized spacial score (nSPS) is 16.3. The first-order valence-electron chi connectivity index (χ1n) is 7.12. The van der Waals surface area contributed by atoms with E-state index in [0.29, 0.717) is 5.75 Å². The molecule has 1 aromatic rings. The number of hydrogen-bond acceptors (Lipinski definition) is 3. The van der Waals surface area contributed by atoms with Gasteiger partial charge in [-0.05, 0) is 30.7 Å². The van der Waals surface area contributed by atoms with E-state index in [1.165, 1.54) is 0 Å². The largest absolute Gasteiger partial charge is 0.497 e. The van der Waals surface area contributed by atoms with Crippen molar-refractivity contribution in [2.75, 3.05) is 27.8 Å². The SMILES string of the molecule is COc1ccc(OC)c(C=CNC(=O)N=C2CCCN2C)c1. The lowest BCUT2D eigenvalue weighted by atomic mass is 10.2. The van der Waals surface area contributed by atoms with Gasteiger partial charge in [0.2, 0.25) is 0 Å². The third-order valence-electron chi connectivity index (χ3n) is 3.47. The van der Waals surface area contributed by atoms with Gasteiger partial charge in [0.15, 0.2) is 0 Å². The van der Waals surface area contributed by atoms with Gasteiger partial charge in [0.25, 0.3) is 0 Å². The number of nitrogens with one attached hydrogen (secondary N) is 1. The number of nitrogens with zero attached hydrogens (tertiary/aromatic N) is 2. The smallest absolute Gasteiger partial charge is 0.346 e. The Morgan fingerprint density at radius 1 is 1.36 bits per heavy atom. The van der Waals surface area contributed by atoms with Crippen LogP contribution in [0.1, 0.15) is 18.4 Å². The van der Waals surface area contributed by atoms with Crippen LogP contribution < -0.4 is 14.8 Å². The fraction of sp³-hybridized carbons (Fsp3) is 0.375. The van der Waals surface area contributed by atoms with Crippen molar-refractivity contribution in [3.05, 3.63) is 30.0 Å². The Balaban J connectivity index is 2.01. The molecule has 22 heavy (non-hydrogen) atoms.